The Kier molecular flexibility index (Phi) is 7.73. The number of nitrogens with zero attached hydrogens (tertiary/aromatic N) is 2. The molecule has 1 fully saturated rings. The van der Waals surface area contributed by atoms with Crippen molar-refractivity contribution in [1.82, 2.24) is 0 Å². The first-order valence-electron chi connectivity index (χ1n) is 10.5. The van der Waals surface area contributed by atoms with Crippen molar-refractivity contribution in [3.63, 3.8) is 0 Å². The number of aryl methyl sites for hydroxylation is 1. The molecule has 0 aliphatic carbocycles. The number of thioether (sulfide) groups is 1. The zero-order valence-electron chi connectivity index (χ0n) is 18.4. The number of nitrogens with one attached hydrogen (secondary N) is 1. The number of halogens is 3. The average Bonchev–Trinajstić information content (AvgIpc) is 3.14. The monoisotopic (exact) mass is 541 g/mol. The van der Waals surface area contributed by atoms with Crippen molar-refractivity contribution in [3.05, 3.63) is 104 Å². The van der Waals surface area contributed by atoms with Gasteiger partial charge in [-0.25, -0.2) is 0 Å². The lowest BCUT2D eigenvalue weighted by Crippen LogP contribution is -2.31. The predicted molar refractivity (Wildman–Crippen MR) is 143 cm³/mol. The maximum Gasteiger partial charge on any atom is 0.269 e. The number of benzene rings is 3. The third-order valence-electron chi connectivity index (χ3n) is 5.31. The van der Waals surface area contributed by atoms with Crippen LogP contribution in [0, 0.1) is 18.3 Å². The fourth-order valence-electron chi connectivity index (χ4n) is 3.54. The van der Waals surface area contributed by atoms with Crippen LogP contribution in [0.4, 0.5) is 11.4 Å². The fourth-order valence-corrected chi connectivity index (χ4v) is 5.35. The van der Waals surface area contributed by atoms with E-state index in [-0.39, 0.29) is 22.9 Å². The van der Waals surface area contributed by atoms with Gasteiger partial charge in [0, 0.05) is 26.4 Å². The first kappa shape index (κ1) is 25.2. The van der Waals surface area contributed by atoms with Crippen molar-refractivity contribution in [1.29, 1.82) is 5.26 Å². The summed E-state index contributed by atoms with van der Waals surface area (Å²) in [6, 6.07) is 20.9. The van der Waals surface area contributed by atoms with Gasteiger partial charge in [-0.1, -0.05) is 64.3 Å². The summed E-state index contributed by atoms with van der Waals surface area (Å²) in [6.45, 7) is 1.94. The van der Waals surface area contributed by atoms with Gasteiger partial charge in [-0.2, -0.15) is 5.26 Å². The van der Waals surface area contributed by atoms with Crippen LogP contribution in [0.3, 0.4) is 0 Å². The van der Waals surface area contributed by atoms with Crippen molar-refractivity contribution in [2.75, 3.05) is 10.2 Å². The molecule has 0 bridgehead atoms. The number of hydrogen-bond acceptors (Lipinski definition) is 4. The second kappa shape index (κ2) is 10.8. The summed E-state index contributed by atoms with van der Waals surface area (Å²) in [7, 11) is 0. The van der Waals surface area contributed by atoms with E-state index in [2.05, 4.69) is 5.32 Å². The number of rotatable bonds is 5. The number of nitriles is 1. The Bertz CT molecular complexity index is 1370. The van der Waals surface area contributed by atoms with Crippen LogP contribution in [-0.2, 0) is 16.0 Å². The van der Waals surface area contributed by atoms with Gasteiger partial charge < -0.3 is 5.32 Å². The van der Waals surface area contributed by atoms with Crippen LogP contribution in [0.5, 0.6) is 0 Å². The first-order valence-corrected chi connectivity index (χ1v) is 12.5. The average molecular weight is 543 g/mol. The number of hydrogen-bond donors (Lipinski definition) is 1. The van der Waals surface area contributed by atoms with Crippen molar-refractivity contribution in [2.24, 2.45) is 0 Å². The maximum absolute atomic E-state index is 13.6. The Morgan fingerprint density at radius 3 is 2.34 bits per heavy atom. The van der Waals surface area contributed by atoms with Crippen molar-refractivity contribution in [3.8, 4) is 6.07 Å². The molecule has 4 rings (SSSR count). The smallest absolute Gasteiger partial charge is 0.269 e. The van der Waals surface area contributed by atoms with Gasteiger partial charge in [0.15, 0.2) is 0 Å². The van der Waals surface area contributed by atoms with E-state index >= 15 is 0 Å². The van der Waals surface area contributed by atoms with Crippen molar-refractivity contribution < 1.29 is 9.59 Å². The SMILES string of the molecule is Cc1ccc(NC(=O)C(C#N)=C2SC(Cc3cc(Cl)ccc3Cl)C(=O)N2c2ccc(Cl)cc2)cc1. The second-order valence-corrected chi connectivity index (χ2v) is 10.3. The highest BCUT2D eigenvalue weighted by Gasteiger charge is 2.41. The molecule has 3 aromatic carbocycles. The topological polar surface area (TPSA) is 73.2 Å². The third-order valence-corrected chi connectivity index (χ3v) is 7.43. The molecule has 176 valence electrons. The van der Waals surface area contributed by atoms with Gasteiger partial charge in [0.25, 0.3) is 5.91 Å². The molecule has 9 heteroatoms. The summed E-state index contributed by atoms with van der Waals surface area (Å²) in [5.74, 6) is -0.883. The van der Waals surface area contributed by atoms with Crippen LogP contribution in [0.2, 0.25) is 15.1 Å². The highest BCUT2D eigenvalue weighted by molar-refractivity contribution is 8.05. The fraction of sp³-hybridized carbons (Fsp3) is 0.115. The molecule has 0 aromatic heterocycles. The zero-order valence-corrected chi connectivity index (χ0v) is 21.5. The predicted octanol–water partition coefficient (Wildman–Crippen LogP) is 7.02. The van der Waals surface area contributed by atoms with E-state index in [1.807, 2.05) is 25.1 Å². The normalized spacial score (nSPS) is 16.7. The molecule has 0 radical (unpaired) electrons. The van der Waals surface area contributed by atoms with Crippen LogP contribution < -0.4 is 10.2 Å². The minimum atomic E-state index is -0.618. The van der Waals surface area contributed by atoms with Gasteiger partial charge in [-0.3, -0.25) is 14.5 Å². The molecule has 1 heterocycles. The van der Waals surface area contributed by atoms with Crippen LogP contribution >= 0.6 is 46.6 Å². The van der Waals surface area contributed by atoms with E-state index in [4.69, 9.17) is 34.8 Å². The molecular formula is C26H18Cl3N3O2S. The summed E-state index contributed by atoms with van der Waals surface area (Å²) >= 11 is 19.6. The van der Waals surface area contributed by atoms with Gasteiger partial charge in [0.05, 0.1) is 5.25 Å². The van der Waals surface area contributed by atoms with Gasteiger partial charge >= 0.3 is 0 Å². The molecule has 5 nitrogen and oxygen atoms in total. The Morgan fingerprint density at radius 1 is 1.03 bits per heavy atom. The molecule has 0 saturated carbocycles. The van der Waals surface area contributed by atoms with Crippen molar-refractivity contribution in [2.45, 2.75) is 18.6 Å². The second-order valence-electron chi connectivity index (χ2n) is 7.81. The Balaban J connectivity index is 1.73. The number of carbonyl (C=O) groups is 2. The molecule has 1 atom stereocenters. The lowest BCUT2D eigenvalue weighted by atomic mass is 10.1. The maximum atomic E-state index is 13.6. The summed E-state index contributed by atoms with van der Waals surface area (Å²) in [5, 5.41) is 13.8. The Hall–Kier alpha value is -2.95. The van der Waals surface area contributed by atoms with E-state index in [1.165, 1.54) is 4.90 Å². The summed E-state index contributed by atoms with van der Waals surface area (Å²) in [4.78, 5) is 28.1. The molecule has 1 unspecified atom stereocenters. The van der Waals surface area contributed by atoms with E-state index in [1.54, 1.807) is 54.6 Å². The van der Waals surface area contributed by atoms with Gasteiger partial charge in [0.1, 0.15) is 16.7 Å². The Labute approximate surface area is 222 Å². The quantitative estimate of drug-likeness (QED) is 0.278. The number of anilines is 2. The minimum absolute atomic E-state index is 0.168. The molecule has 1 saturated heterocycles. The molecular weight excluding hydrogens is 525 g/mol. The Morgan fingerprint density at radius 2 is 1.69 bits per heavy atom. The summed E-state index contributed by atoms with van der Waals surface area (Å²) < 4.78 is 0. The van der Waals surface area contributed by atoms with Crippen LogP contribution in [-0.4, -0.2) is 17.1 Å². The molecule has 1 aliphatic heterocycles. The van der Waals surface area contributed by atoms with E-state index in [9.17, 15) is 14.9 Å². The van der Waals surface area contributed by atoms with Crippen LogP contribution in [0.25, 0.3) is 0 Å². The van der Waals surface area contributed by atoms with E-state index < -0.39 is 11.2 Å². The van der Waals surface area contributed by atoms with E-state index in [0.29, 0.717) is 32.0 Å². The molecule has 1 N–H and O–H groups in total. The standard InChI is InChI=1S/C26H18Cl3N3O2S/c1-15-2-7-19(8-3-15)31-24(33)21(14-30)26-32(20-9-4-17(27)5-10-20)25(34)23(35-26)13-16-12-18(28)6-11-22(16)29/h2-12,23H,13H2,1H3,(H,31,33). The molecule has 0 spiro atoms. The van der Waals surface area contributed by atoms with Crippen LogP contribution in [0.1, 0.15) is 11.1 Å². The third kappa shape index (κ3) is 5.66. The highest BCUT2D eigenvalue weighted by Crippen LogP contribution is 2.43. The molecule has 2 amide bonds. The van der Waals surface area contributed by atoms with Crippen molar-refractivity contribution >= 4 is 69.8 Å². The van der Waals surface area contributed by atoms with Gasteiger partial charge in [-0.15, -0.1) is 0 Å². The summed E-state index contributed by atoms with van der Waals surface area (Å²) in [5.41, 5.74) is 2.61. The zero-order chi connectivity index (χ0) is 25.1. The first-order chi connectivity index (χ1) is 16.8. The van der Waals surface area contributed by atoms with E-state index in [0.717, 1.165) is 17.3 Å². The summed E-state index contributed by atoms with van der Waals surface area (Å²) in [6.07, 6.45) is 0.273. The number of carbonyl (C=O) groups excluding carboxylic acids is 2. The number of amides is 2. The lowest BCUT2D eigenvalue weighted by molar-refractivity contribution is -0.117. The lowest BCUT2D eigenvalue weighted by Gasteiger charge is -2.19. The highest BCUT2D eigenvalue weighted by atomic mass is 35.5. The molecule has 35 heavy (non-hydrogen) atoms. The minimum Gasteiger partial charge on any atom is -0.321 e. The molecule has 3 aromatic rings. The van der Waals surface area contributed by atoms with Gasteiger partial charge in [-0.05, 0) is 73.5 Å². The van der Waals surface area contributed by atoms with Gasteiger partial charge in [0.2, 0.25) is 5.91 Å². The van der Waals surface area contributed by atoms with Crippen LogP contribution in [0.15, 0.2) is 77.3 Å². The molecule has 1 aliphatic rings. The largest absolute Gasteiger partial charge is 0.321 e.